The maximum absolute atomic E-state index is 14.0. The molecular formula is C21H24FN3O. The first-order valence-corrected chi connectivity index (χ1v) is 9.75. The number of hydrogen-bond donors (Lipinski definition) is 0. The van der Waals surface area contributed by atoms with Crippen LogP contribution in [0.2, 0.25) is 0 Å². The van der Waals surface area contributed by atoms with Crippen molar-refractivity contribution in [3.8, 4) is 0 Å². The Hall–Kier alpha value is -2.17. The Morgan fingerprint density at radius 3 is 2.65 bits per heavy atom. The lowest BCUT2D eigenvalue weighted by molar-refractivity contribution is -0.132. The zero-order valence-corrected chi connectivity index (χ0v) is 15.0. The van der Waals surface area contributed by atoms with Gasteiger partial charge in [-0.15, -0.1) is 0 Å². The van der Waals surface area contributed by atoms with E-state index in [0.29, 0.717) is 11.4 Å². The van der Waals surface area contributed by atoms with Gasteiger partial charge >= 0.3 is 0 Å². The van der Waals surface area contributed by atoms with Crippen LogP contribution in [0.25, 0.3) is 10.9 Å². The van der Waals surface area contributed by atoms with Crippen molar-refractivity contribution in [3.63, 3.8) is 0 Å². The molecule has 0 bridgehead atoms. The van der Waals surface area contributed by atoms with E-state index < -0.39 is 0 Å². The topological polar surface area (TPSA) is 36.4 Å². The highest BCUT2D eigenvalue weighted by Gasteiger charge is 2.59. The van der Waals surface area contributed by atoms with E-state index in [4.69, 9.17) is 0 Å². The third kappa shape index (κ3) is 2.48. The Labute approximate surface area is 153 Å². The van der Waals surface area contributed by atoms with Gasteiger partial charge in [0.2, 0.25) is 5.91 Å². The van der Waals surface area contributed by atoms with E-state index in [-0.39, 0.29) is 17.2 Å². The maximum Gasteiger partial charge on any atom is 0.226 e. The number of para-hydroxylation sites is 1. The fourth-order valence-corrected chi connectivity index (χ4v) is 5.00. The van der Waals surface area contributed by atoms with Gasteiger partial charge in [0.1, 0.15) is 11.3 Å². The number of carbonyl (C=O) groups excluding carboxylic acids is 1. The summed E-state index contributed by atoms with van der Waals surface area (Å²) in [5.74, 6) is 0.373. The fourth-order valence-electron chi connectivity index (χ4n) is 5.00. The molecule has 1 atom stereocenters. The summed E-state index contributed by atoms with van der Waals surface area (Å²) in [6.07, 6.45) is 7.17. The van der Waals surface area contributed by atoms with Crippen molar-refractivity contribution < 1.29 is 9.18 Å². The molecular weight excluding hydrogens is 329 g/mol. The number of anilines is 1. The highest BCUT2D eigenvalue weighted by molar-refractivity contribution is 5.92. The second kappa shape index (κ2) is 5.93. The van der Waals surface area contributed by atoms with Crippen LogP contribution in [0.1, 0.15) is 32.1 Å². The predicted molar refractivity (Wildman–Crippen MR) is 99.5 cm³/mol. The summed E-state index contributed by atoms with van der Waals surface area (Å²) in [4.78, 5) is 21.3. The number of carbonyl (C=O) groups is 1. The molecule has 1 amide bonds. The van der Waals surface area contributed by atoms with Crippen LogP contribution < -0.4 is 4.90 Å². The molecule has 136 valence electrons. The van der Waals surface area contributed by atoms with Crippen LogP contribution in [0, 0.1) is 17.2 Å². The second-order valence-electron chi connectivity index (χ2n) is 8.10. The number of halogens is 1. The molecule has 5 rings (SSSR count). The van der Waals surface area contributed by atoms with E-state index in [9.17, 15) is 9.18 Å². The van der Waals surface area contributed by atoms with E-state index >= 15 is 0 Å². The number of nitrogens with zero attached hydrogens (tertiary/aromatic N) is 3. The maximum atomic E-state index is 14.0. The highest BCUT2D eigenvalue weighted by atomic mass is 19.1. The lowest BCUT2D eigenvalue weighted by Crippen LogP contribution is -2.38. The fraction of sp³-hybridized carbons (Fsp3) is 0.524. The van der Waals surface area contributed by atoms with Crippen LogP contribution in [-0.2, 0) is 4.79 Å². The highest BCUT2D eigenvalue weighted by Crippen LogP contribution is 2.60. The molecule has 3 heterocycles. The standard InChI is InChI=1S/C21H24FN3O/c22-17-5-3-4-15-18(6-9-23-19(15)17)24-12-7-21(8-13-24)14-16(21)20(26)25-10-1-2-11-25/h3-6,9,16H,1-2,7-8,10-14H2. The lowest BCUT2D eigenvalue weighted by atomic mass is 9.90. The molecule has 3 fully saturated rings. The van der Waals surface area contributed by atoms with Gasteiger partial charge in [0.25, 0.3) is 0 Å². The Morgan fingerprint density at radius 2 is 1.88 bits per heavy atom. The van der Waals surface area contributed by atoms with Gasteiger partial charge in [0.05, 0.1) is 0 Å². The first kappa shape index (κ1) is 16.0. The summed E-state index contributed by atoms with van der Waals surface area (Å²) in [5, 5.41) is 0.879. The molecule has 1 aromatic heterocycles. The third-order valence-electron chi connectivity index (χ3n) is 6.70. The number of amides is 1. The van der Waals surface area contributed by atoms with E-state index in [1.165, 1.54) is 6.07 Å². The van der Waals surface area contributed by atoms with Gasteiger partial charge in [-0.05, 0) is 49.7 Å². The molecule has 3 aliphatic rings. The summed E-state index contributed by atoms with van der Waals surface area (Å²) in [7, 11) is 0. The predicted octanol–water partition coefficient (Wildman–Crippen LogP) is 3.60. The van der Waals surface area contributed by atoms with Crippen LogP contribution in [0.4, 0.5) is 10.1 Å². The smallest absolute Gasteiger partial charge is 0.226 e. The zero-order chi connectivity index (χ0) is 17.7. The minimum absolute atomic E-state index is 0.226. The SMILES string of the molecule is O=C(C1CC12CCN(c1ccnc3c(F)cccc13)CC2)N1CCCC1. The molecule has 1 aliphatic carbocycles. The van der Waals surface area contributed by atoms with Crippen molar-refractivity contribution in [2.45, 2.75) is 32.1 Å². The molecule has 1 unspecified atom stereocenters. The van der Waals surface area contributed by atoms with Crippen LogP contribution in [-0.4, -0.2) is 42.0 Å². The number of likely N-dealkylation sites (tertiary alicyclic amines) is 1. The molecule has 1 aromatic carbocycles. The molecule has 2 saturated heterocycles. The monoisotopic (exact) mass is 353 g/mol. The number of benzene rings is 1. The van der Waals surface area contributed by atoms with Crippen LogP contribution in [0.5, 0.6) is 0 Å². The minimum atomic E-state index is -0.267. The van der Waals surface area contributed by atoms with Crippen molar-refractivity contribution in [2.24, 2.45) is 11.3 Å². The Morgan fingerprint density at radius 1 is 1.12 bits per heavy atom. The number of fused-ring (bicyclic) bond motifs is 1. The van der Waals surface area contributed by atoms with Gasteiger partial charge in [-0.1, -0.05) is 12.1 Å². The van der Waals surface area contributed by atoms with Crippen LogP contribution in [0.3, 0.4) is 0 Å². The first-order valence-electron chi connectivity index (χ1n) is 9.75. The molecule has 26 heavy (non-hydrogen) atoms. The Kier molecular flexibility index (Phi) is 3.66. The molecule has 1 spiro atoms. The van der Waals surface area contributed by atoms with E-state index in [1.807, 2.05) is 12.1 Å². The summed E-state index contributed by atoms with van der Waals surface area (Å²) >= 11 is 0. The molecule has 2 aliphatic heterocycles. The number of piperidine rings is 1. The molecule has 4 nitrogen and oxygen atoms in total. The average molecular weight is 353 g/mol. The molecule has 0 radical (unpaired) electrons. The van der Waals surface area contributed by atoms with Crippen LogP contribution in [0.15, 0.2) is 30.5 Å². The second-order valence-corrected chi connectivity index (χ2v) is 8.10. The van der Waals surface area contributed by atoms with Gasteiger partial charge in [-0.25, -0.2) is 4.39 Å². The normalized spacial score (nSPS) is 24.4. The average Bonchev–Trinajstić information content (AvgIpc) is 3.10. The Balaban J connectivity index is 1.31. The molecule has 1 saturated carbocycles. The first-order chi connectivity index (χ1) is 12.7. The van der Waals surface area contributed by atoms with Gasteiger partial charge in [-0.3, -0.25) is 9.78 Å². The van der Waals surface area contributed by atoms with Crippen molar-refractivity contribution in [2.75, 3.05) is 31.1 Å². The third-order valence-corrected chi connectivity index (χ3v) is 6.70. The summed E-state index contributed by atoms with van der Waals surface area (Å²) < 4.78 is 14.0. The zero-order valence-electron chi connectivity index (χ0n) is 15.0. The molecule has 5 heteroatoms. The number of rotatable bonds is 2. The van der Waals surface area contributed by atoms with Gasteiger partial charge in [-0.2, -0.15) is 0 Å². The number of aromatic nitrogens is 1. The summed E-state index contributed by atoms with van der Waals surface area (Å²) in [5.41, 5.74) is 1.73. The summed E-state index contributed by atoms with van der Waals surface area (Å²) in [6, 6.07) is 7.14. The van der Waals surface area contributed by atoms with E-state index in [0.717, 1.165) is 69.4 Å². The number of hydrogen-bond acceptors (Lipinski definition) is 3. The Bertz CT molecular complexity index is 853. The van der Waals surface area contributed by atoms with Crippen molar-refractivity contribution in [1.29, 1.82) is 0 Å². The number of pyridine rings is 1. The quantitative estimate of drug-likeness (QED) is 0.828. The van der Waals surface area contributed by atoms with Gasteiger partial charge in [0, 0.05) is 49.4 Å². The molecule has 2 aromatic rings. The van der Waals surface area contributed by atoms with Crippen molar-refractivity contribution in [3.05, 3.63) is 36.3 Å². The van der Waals surface area contributed by atoms with Crippen LogP contribution >= 0.6 is 0 Å². The van der Waals surface area contributed by atoms with E-state index in [2.05, 4.69) is 14.8 Å². The van der Waals surface area contributed by atoms with Crippen molar-refractivity contribution in [1.82, 2.24) is 9.88 Å². The minimum Gasteiger partial charge on any atom is -0.371 e. The van der Waals surface area contributed by atoms with Gasteiger partial charge in [0.15, 0.2) is 0 Å². The lowest BCUT2D eigenvalue weighted by Gasteiger charge is -2.35. The molecule has 0 N–H and O–H groups in total. The largest absolute Gasteiger partial charge is 0.371 e. The van der Waals surface area contributed by atoms with Crippen molar-refractivity contribution >= 4 is 22.5 Å². The van der Waals surface area contributed by atoms with Gasteiger partial charge < -0.3 is 9.80 Å². The summed E-state index contributed by atoms with van der Waals surface area (Å²) in [6.45, 7) is 3.76. The van der Waals surface area contributed by atoms with E-state index in [1.54, 1.807) is 12.3 Å².